The third-order valence-electron chi connectivity index (χ3n) is 3.92. The maximum Gasteiger partial charge on any atom is 0.366 e. The van der Waals surface area contributed by atoms with Crippen LogP contribution in [0.4, 0.5) is 0 Å². The van der Waals surface area contributed by atoms with Crippen LogP contribution in [0.1, 0.15) is 5.56 Å². The van der Waals surface area contributed by atoms with E-state index >= 15 is 0 Å². The lowest BCUT2D eigenvalue weighted by atomic mass is 10.2. The molecule has 0 aliphatic carbocycles. The Labute approximate surface area is 139 Å². The van der Waals surface area contributed by atoms with E-state index in [1.807, 2.05) is 84.9 Å². The minimum atomic E-state index is -0.210. The molecule has 118 valence electrons. The summed E-state index contributed by atoms with van der Waals surface area (Å²) in [6.45, 7) is 0.337. The number of fused-ring (bicyclic) bond motifs is 1. The highest BCUT2D eigenvalue weighted by Gasteiger charge is 2.15. The SMILES string of the molecule is O=c1n(OCc2ccccc2)c2ccccc2n1-c1ccccc1. The van der Waals surface area contributed by atoms with Crippen LogP contribution in [-0.4, -0.2) is 9.30 Å². The van der Waals surface area contributed by atoms with Gasteiger partial charge in [-0.15, -0.1) is 4.73 Å². The third-order valence-corrected chi connectivity index (χ3v) is 3.92. The molecule has 0 N–H and O–H groups in total. The molecule has 0 spiro atoms. The summed E-state index contributed by atoms with van der Waals surface area (Å²) < 4.78 is 3.04. The van der Waals surface area contributed by atoms with Crippen LogP contribution in [0, 0.1) is 0 Å². The van der Waals surface area contributed by atoms with Crippen molar-refractivity contribution in [2.24, 2.45) is 0 Å². The summed E-state index contributed by atoms with van der Waals surface area (Å²) in [4.78, 5) is 18.7. The fourth-order valence-electron chi connectivity index (χ4n) is 2.79. The molecule has 4 rings (SSSR count). The maximum atomic E-state index is 12.9. The Morgan fingerprint density at radius 3 is 2.00 bits per heavy atom. The van der Waals surface area contributed by atoms with Gasteiger partial charge in [0.25, 0.3) is 0 Å². The van der Waals surface area contributed by atoms with Gasteiger partial charge in [0.05, 0.1) is 11.2 Å². The monoisotopic (exact) mass is 316 g/mol. The van der Waals surface area contributed by atoms with E-state index in [1.165, 1.54) is 4.73 Å². The second kappa shape index (κ2) is 6.08. The standard InChI is InChI=1S/C20H16N2O2/c23-20-21(17-11-5-2-6-12-17)18-13-7-8-14-19(18)22(20)24-15-16-9-3-1-4-10-16/h1-14H,15H2. The van der Waals surface area contributed by atoms with E-state index in [1.54, 1.807) is 4.57 Å². The summed E-state index contributed by atoms with van der Waals surface area (Å²) in [6, 6.07) is 27.0. The molecule has 4 nitrogen and oxygen atoms in total. The Hall–Kier alpha value is -3.27. The Morgan fingerprint density at radius 2 is 1.29 bits per heavy atom. The highest BCUT2D eigenvalue weighted by atomic mass is 16.7. The number of rotatable bonds is 4. The molecule has 0 saturated carbocycles. The normalized spacial score (nSPS) is 10.8. The lowest BCUT2D eigenvalue weighted by Crippen LogP contribution is -2.28. The van der Waals surface area contributed by atoms with Gasteiger partial charge >= 0.3 is 5.69 Å². The van der Waals surface area contributed by atoms with Gasteiger partial charge in [0.1, 0.15) is 12.1 Å². The zero-order valence-electron chi connectivity index (χ0n) is 13.0. The minimum Gasteiger partial charge on any atom is -0.404 e. The molecule has 0 aliphatic heterocycles. The molecule has 0 bridgehead atoms. The molecular formula is C20H16N2O2. The Bertz CT molecular complexity index is 1020. The minimum absolute atomic E-state index is 0.210. The van der Waals surface area contributed by atoms with Crippen molar-refractivity contribution in [3.63, 3.8) is 0 Å². The number of nitrogens with zero attached hydrogens (tertiary/aromatic N) is 2. The average Bonchev–Trinajstić information content (AvgIpc) is 2.93. The van der Waals surface area contributed by atoms with Crippen molar-refractivity contribution in [1.82, 2.24) is 9.30 Å². The molecular weight excluding hydrogens is 300 g/mol. The van der Waals surface area contributed by atoms with Crippen LogP contribution in [0.15, 0.2) is 89.7 Å². The largest absolute Gasteiger partial charge is 0.404 e. The zero-order chi connectivity index (χ0) is 16.4. The highest BCUT2D eigenvalue weighted by molar-refractivity contribution is 5.77. The second-order valence-corrected chi connectivity index (χ2v) is 5.50. The molecule has 0 aliphatic rings. The van der Waals surface area contributed by atoms with Gasteiger partial charge in [0.15, 0.2) is 0 Å². The molecule has 0 atom stereocenters. The van der Waals surface area contributed by atoms with E-state index in [4.69, 9.17) is 4.84 Å². The van der Waals surface area contributed by atoms with Crippen LogP contribution in [0.5, 0.6) is 0 Å². The number of benzene rings is 3. The first-order valence-corrected chi connectivity index (χ1v) is 7.80. The van der Waals surface area contributed by atoms with Gasteiger partial charge in [-0.2, -0.15) is 0 Å². The van der Waals surface area contributed by atoms with Crippen LogP contribution in [0.25, 0.3) is 16.7 Å². The molecule has 0 radical (unpaired) electrons. The van der Waals surface area contributed by atoms with Gasteiger partial charge in [-0.3, -0.25) is 4.57 Å². The van der Waals surface area contributed by atoms with Gasteiger partial charge in [-0.05, 0) is 29.8 Å². The maximum absolute atomic E-state index is 12.9. The summed E-state index contributed by atoms with van der Waals surface area (Å²) in [5, 5.41) is 0. The van der Waals surface area contributed by atoms with E-state index in [2.05, 4.69) is 0 Å². The van der Waals surface area contributed by atoms with Crippen LogP contribution in [0.3, 0.4) is 0 Å². The van der Waals surface area contributed by atoms with E-state index in [0.29, 0.717) is 6.61 Å². The molecule has 1 aromatic heterocycles. The number of imidazole rings is 1. The first-order chi connectivity index (χ1) is 11.8. The molecule has 1 heterocycles. The summed E-state index contributed by atoms with van der Waals surface area (Å²) in [6.07, 6.45) is 0. The third kappa shape index (κ3) is 2.48. The Morgan fingerprint density at radius 1 is 0.708 bits per heavy atom. The summed E-state index contributed by atoms with van der Waals surface area (Å²) in [5.74, 6) is 0. The van der Waals surface area contributed by atoms with Crippen molar-refractivity contribution in [2.45, 2.75) is 6.61 Å². The fraction of sp³-hybridized carbons (Fsp3) is 0.0500. The number of para-hydroxylation sites is 3. The van der Waals surface area contributed by atoms with Crippen LogP contribution >= 0.6 is 0 Å². The Balaban J connectivity index is 1.82. The fourth-order valence-corrected chi connectivity index (χ4v) is 2.79. The number of hydrogen-bond acceptors (Lipinski definition) is 2. The van der Waals surface area contributed by atoms with Gasteiger partial charge in [-0.1, -0.05) is 60.7 Å². The van der Waals surface area contributed by atoms with E-state index in [9.17, 15) is 4.79 Å². The summed E-state index contributed by atoms with van der Waals surface area (Å²) in [5.41, 5.74) is 3.20. The molecule has 24 heavy (non-hydrogen) atoms. The zero-order valence-corrected chi connectivity index (χ0v) is 13.0. The van der Waals surface area contributed by atoms with Crippen molar-refractivity contribution < 1.29 is 4.84 Å². The summed E-state index contributed by atoms with van der Waals surface area (Å²) in [7, 11) is 0. The van der Waals surface area contributed by atoms with Gasteiger partial charge < -0.3 is 4.84 Å². The quantitative estimate of drug-likeness (QED) is 0.578. The van der Waals surface area contributed by atoms with Crippen molar-refractivity contribution in [2.75, 3.05) is 0 Å². The van der Waals surface area contributed by atoms with Gasteiger partial charge in [0, 0.05) is 0 Å². The molecule has 4 heteroatoms. The molecule has 0 saturated heterocycles. The van der Waals surface area contributed by atoms with Crippen molar-refractivity contribution in [3.05, 3.63) is 101 Å². The lowest BCUT2D eigenvalue weighted by Gasteiger charge is -2.06. The lowest BCUT2D eigenvalue weighted by molar-refractivity contribution is 0.0979. The van der Waals surface area contributed by atoms with Gasteiger partial charge in [-0.25, -0.2) is 4.79 Å². The molecule has 0 fully saturated rings. The molecule has 4 aromatic rings. The Kier molecular flexibility index (Phi) is 3.63. The second-order valence-electron chi connectivity index (χ2n) is 5.50. The predicted octanol–water partition coefficient (Wildman–Crippen LogP) is 3.42. The van der Waals surface area contributed by atoms with Gasteiger partial charge in [0.2, 0.25) is 0 Å². The first-order valence-electron chi connectivity index (χ1n) is 7.80. The smallest absolute Gasteiger partial charge is 0.366 e. The van der Waals surface area contributed by atoms with E-state index in [-0.39, 0.29) is 5.69 Å². The van der Waals surface area contributed by atoms with Crippen molar-refractivity contribution in [1.29, 1.82) is 0 Å². The number of hydrogen-bond donors (Lipinski definition) is 0. The van der Waals surface area contributed by atoms with Crippen LogP contribution < -0.4 is 10.5 Å². The van der Waals surface area contributed by atoms with E-state index < -0.39 is 0 Å². The van der Waals surface area contributed by atoms with E-state index in [0.717, 1.165) is 22.3 Å². The number of aromatic nitrogens is 2. The van der Waals surface area contributed by atoms with Crippen LogP contribution in [0.2, 0.25) is 0 Å². The average molecular weight is 316 g/mol. The topological polar surface area (TPSA) is 36.2 Å². The molecule has 0 unspecified atom stereocenters. The predicted molar refractivity (Wildman–Crippen MR) is 94.3 cm³/mol. The highest BCUT2D eigenvalue weighted by Crippen LogP contribution is 2.17. The van der Waals surface area contributed by atoms with Crippen LogP contribution in [-0.2, 0) is 6.61 Å². The first kappa shape index (κ1) is 14.3. The van der Waals surface area contributed by atoms with Crippen molar-refractivity contribution >= 4 is 11.0 Å². The molecule has 0 amide bonds. The van der Waals surface area contributed by atoms with Crippen molar-refractivity contribution in [3.8, 4) is 5.69 Å². The summed E-state index contributed by atoms with van der Waals surface area (Å²) >= 11 is 0. The molecule has 3 aromatic carbocycles.